The van der Waals surface area contributed by atoms with Gasteiger partial charge in [-0.15, -0.1) is 12.4 Å². The number of benzene rings is 3. The molecule has 3 heteroatoms. The third kappa shape index (κ3) is 4.78. The van der Waals surface area contributed by atoms with Crippen molar-refractivity contribution in [3.05, 3.63) is 77.9 Å². The Morgan fingerprint density at radius 3 is 2.35 bits per heavy atom. The number of hydrogen-bond donors (Lipinski definition) is 1. The first kappa shape index (κ1) is 20.3. The highest BCUT2D eigenvalue weighted by molar-refractivity contribution is 5.87. The van der Waals surface area contributed by atoms with Gasteiger partial charge in [-0.05, 0) is 35.7 Å². The second-order valence-electron chi connectivity index (χ2n) is 6.33. The second-order valence-corrected chi connectivity index (χ2v) is 6.33. The molecule has 1 unspecified atom stereocenters. The van der Waals surface area contributed by atoms with E-state index in [9.17, 15) is 0 Å². The SMILES string of the molecule is CCCC(NCc1c(OCC)ccc2ccccc12)c1ccccc1.Cl. The van der Waals surface area contributed by atoms with Gasteiger partial charge < -0.3 is 10.1 Å². The van der Waals surface area contributed by atoms with Gasteiger partial charge in [0, 0.05) is 18.2 Å². The Kier molecular flexibility index (Phi) is 7.96. The fraction of sp³-hybridized carbons (Fsp3) is 0.304. The van der Waals surface area contributed by atoms with Gasteiger partial charge in [0.25, 0.3) is 0 Å². The summed E-state index contributed by atoms with van der Waals surface area (Å²) < 4.78 is 5.90. The molecule has 0 radical (unpaired) electrons. The van der Waals surface area contributed by atoms with Crippen molar-refractivity contribution in [1.82, 2.24) is 5.32 Å². The first-order valence-corrected chi connectivity index (χ1v) is 9.25. The highest BCUT2D eigenvalue weighted by atomic mass is 35.5. The molecular weight excluding hydrogens is 342 g/mol. The van der Waals surface area contributed by atoms with Gasteiger partial charge in [0.2, 0.25) is 0 Å². The van der Waals surface area contributed by atoms with Crippen molar-refractivity contribution in [2.45, 2.75) is 39.3 Å². The normalized spacial score (nSPS) is 11.8. The van der Waals surface area contributed by atoms with Gasteiger partial charge in [-0.3, -0.25) is 0 Å². The number of ether oxygens (including phenoxy) is 1. The van der Waals surface area contributed by atoms with E-state index >= 15 is 0 Å². The third-order valence-corrected chi connectivity index (χ3v) is 4.60. The summed E-state index contributed by atoms with van der Waals surface area (Å²) in [6.45, 7) is 5.76. The highest BCUT2D eigenvalue weighted by Gasteiger charge is 2.13. The molecule has 2 nitrogen and oxygen atoms in total. The summed E-state index contributed by atoms with van der Waals surface area (Å²) in [5.74, 6) is 0.983. The van der Waals surface area contributed by atoms with Gasteiger partial charge in [-0.1, -0.05) is 74.0 Å². The van der Waals surface area contributed by atoms with E-state index in [1.165, 1.54) is 21.9 Å². The monoisotopic (exact) mass is 369 g/mol. The van der Waals surface area contributed by atoms with E-state index in [1.54, 1.807) is 0 Å². The molecule has 0 aliphatic heterocycles. The molecular formula is C23H28ClNO. The fourth-order valence-corrected chi connectivity index (χ4v) is 3.37. The van der Waals surface area contributed by atoms with Gasteiger partial charge in [-0.25, -0.2) is 0 Å². The Morgan fingerprint density at radius 1 is 0.885 bits per heavy atom. The molecule has 138 valence electrons. The lowest BCUT2D eigenvalue weighted by molar-refractivity contribution is 0.335. The minimum absolute atomic E-state index is 0. The molecule has 0 aromatic heterocycles. The van der Waals surface area contributed by atoms with Crippen molar-refractivity contribution >= 4 is 23.2 Å². The molecule has 0 saturated heterocycles. The smallest absolute Gasteiger partial charge is 0.124 e. The van der Waals surface area contributed by atoms with Crippen LogP contribution < -0.4 is 10.1 Å². The van der Waals surface area contributed by atoms with Crippen LogP contribution in [0.4, 0.5) is 0 Å². The van der Waals surface area contributed by atoms with Crippen molar-refractivity contribution in [2.75, 3.05) is 6.61 Å². The summed E-state index contributed by atoms with van der Waals surface area (Å²) in [4.78, 5) is 0. The van der Waals surface area contributed by atoms with E-state index in [1.807, 2.05) is 6.92 Å². The molecule has 1 N–H and O–H groups in total. The summed E-state index contributed by atoms with van der Waals surface area (Å²) in [7, 11) is 0. The minimum Gasteiger partial charge on any atom is -0.494 e. The molecule has 0 spiro atoms. The van der Waals surface area contributed by atoms with Crippen molar-refractivity contribution in [3.8, 4) is 5.75 Å². The molecule has 0 saturated carbocycles. The van der Waals surface area contributed by atoms with Gasteiger partial charge in [0.05, 0.1) is 6.61 Å². The van der Waals surface area contributed by atoms with Crippen LogP contribution in [0.1, 0.15) is 43.9 Å². The zero-order valence-corrected chi connectivity index (χ0v) is 16.4. The first-order valence-electron chi connectivity index (χ1n) is 9.25. The first-order chi connectivity index (χ1) is 12.3. The van der Waals surface area contributed by atoms with E-state index in [-0.39, 0.29) is 12.4 Å². The Morgan fingerprint density at radius 2 is 1.62 bits per heavy atom. The zero-order valence-electron chi connectivity index (χ0n) is 15.6. The summed E-state index contributed by atoms with van der Waals surface area (Å²) in [5, 5.41) is 6.29. The van der Waals surface area contributed by atoms with Crippen LogP contribution in [0, 0.1) is 0 Å². The predicted molar refractivity (Wildman–Crippen MR) is 113 cm³/mol. The second kappa shape index (κ2) is 10.2. The molecule has 0 heterocycles. The molecule has 0 aliphatic carbocycles. The summed E-state index contributed by atoms with van der Waals surface area (Å²) in [6.07, 6.45) is 2.28. The third-order valence-electron chi connectivity index (χ3n) is 4.60. The molecule has 1 atom stereocenters. The summed E-state index contributed by atoms with van der Waals surface area (Å²) in [6, 6.07) is 23.9. The van der Waals surface area contributed by atoms with Crippen LogP contribution in [-0.4, -0.2) is 6.61 Å². The molecule has 3 aromatic carbocycles. The van der Waals surface area contributed by atoms with Crippen LogP contribution in [0.2, 0.25) is 0 Å². The summed E-state index contributed by atoms with van der Waals surface area (Å²) >= 11 is 0. The molecule has 0 aliphatic rings. The highest BCUT2D eigenvalue weighted by Crippen LogP contribution is 2.29. The largest absolute Gasteiger partial charge is 0.494 e. The minimum atomic E-state index is 0. The Hall–Kier alpha value is -2.03. The maximum atomic E-state index is 5.90. The van der Waals surface area contributed by atoms with E-state index in [0.29, 0.717) is 12.6 Å². The molecule has 3 rings (SSSR count). The maximum absolute atomic E-state index is 5.90. The topological polar surface area (TPSA) is 21.3 Å². The van der Waals surface area contributed by atoms with Crippen LogP contribution in [0.3, 0.4) is 0 Å². The lowest BCUT2D eigenvalue weighted by atomic mass is 10.00. The average Bonchev–Trinajstić information content (AvgIpc) is 2.67. The predicted octanol–water partition coefficient (Wildman–Crippen LogP) is 6.29. The Labute approximate surface area is 163 Å². The zero-order chi connectivity index (χ0) is 17.5. The number of nitrogens with one attached hydrogen (secondary N) is 1. The molecule has 0 amide bonds. The quantitative estimate of drug-likeness (QED) is 0.503. The van der Waals surface area contributed by atoms with Gasteiger partial charge in [0.1, 0.15) is 5.75 Å². The van der Waals surface area contributed by atoms with Gasteiger partial charge in [0.15, 0.2) is 0 Å². The van der Waals surface area contributed by atoms with Gasteiger partial charge in [-0.2, -0.15) is 0 Å². The van der Waals surface area contributed by atoms with Crippen LogP contribution in [0.15, 0.2) is 66.7 Å². The number of hydrogen-bond acceptors (Lipinski definition) is 2. The maximum Gasteiger partial charge on any atom is 0.124 e. The van der Waals surface area contributed by atoms with E-state index in [2.05, 4.69) is 79.0 Å². The molecule has 0 bridgehead atoms. The number of fused-ring (bicyclic) bond motifs is 1. The van der Waals surface area contributed by atoms with Crippen LogP contribution in [0.5, 0.6) is 5.75 Å². The van der Waals surface area contributed by atoms with Crippen LogP contribution in [-0.2, 0) is 6.54 Å². The Balaban J connectivity index is 0.00000243. The standard InChI is InChI=1S/C23H27NO.ClH/c1-3-10-22(19-12-6-5-7-13-19)24-17-21-20-14-9-8-11-18(20)15-16-23(21)25-4-2;/h5-9,11-16,22,24H,3-4,10,17H2,1-2H3;1H. The summed E-state index contributed by atoms with van der Waals surface area (Å²) in [5.41, 5.74) is 2.60. The molecule has 0 fully saturated rings. The van der Waals surface area contributed by atoms with Crippen molar-refractivity contribution in [3.63, 3.8) is 0 Å². The van der Waals surface area contributed by atoms with Crippen molar-refractivity contribution in [1.29, 1.82) is 0 Å². The average molecular weight is 370 g/mol. The van der Waals surface area contributed by atoms with Crippen molar-refractivity contribution in [2.24, 2.45) is 0 Å². The van der Waals surface area contributed by atoms with Gasteiger partial charge >= 0.3 is 0 Å². The lowest BCUT2D eigenvalue weighted by Crippen LogP contribution is -2.21. The fourth-order valence-electron chi connectivity index (χ4n) is 3.37. The Bertz CT molecular complexity index is 804. The van der Waals surface area contributed by atoms with E-state index < -0.39 is 0 Å². The van der Waals surface area contributed by atoms with Crippen LogP contribution >= 0.6 is 12.4 Å². The number of halogens is 1. The number of rotatable bonds is 8. The van der Waals surface area contributed by atoms with Crippen molar-refractivity contribution < 1.29 is 4.74 Å². The molecule has 3 aromatic rings. The van der Waals surface area contributed by atoms with E-state index in [4.69, 9.17) is 4.74 Å². The van der Waals surface area contributed by atoms with E-state index in [0.717, 1.165) is 25.1 Å². The molecule has 26 heavy (non-hydrogen) atoms. The van der Waals surface area contributed by atoms with Crippen LogP contribution in [0.25, 0.3) is 10.8 Å². The lowest BCUT2D eigenvalue weighted by Gasteiger charge is -2.21.